The fraction of sp³-hybridized carbons (Fsp3) is 0.571. The summed E-state index contributed by atoms with van der Waals surface area (Å²) in [4.78, 5) is 0. The molecule has 0 saturated carbocycles. The van der Waals surface area contributed by atoms with Crippen molar-refractivity contribution < 1.29 is 18.9 Å². The molecule has 0 fully saturated rings. The second-order valence-corrected chi connectivity index (χ2v) is 4.14. The van der Waals surface area contributed by atoms with Gasteiger partial charge in [-0.25, -0.2) is 0 Å². The molecule has 0 spiro atoms. The van der Waals surface area contributed by atoms with Crippen LogP contribution in [0.15, 0.2) is 18.2 Å². The zero-order valence-electron chi connectivity index (χ0n) is 12.2. The topological polar surface area (TPSA) is 49.0 Å². The van der Waals surface area contributed by atoms with Gasteiger partial charge < -0.3 is 24.3 Å². The predicted octanol–water partition coefficient (Wildman–Crippen LogP) is 1.97. The van der Waals surface area contributed by atoms with Crippen LogP contribution in [0.25, 0.3) is 0 Å². The van der Waals surface area contributed by atoms with E-state index in [1.807, 2.05) is 18.2 Å². The monoisotopic (exact) mass is 269 g/mol. The minimum absolute atomic E-state index is 0.119. The molecular weight excluding hydrogens is 246 g/mol. The standard InChI is InChI=1S/C14H23NO4/c1-10(15-9-14(18-4)19-5)12-7-6-11(16-2)8-13(12)17-3/h6-8,10,14-15H,9H2,1-5H3. The fourth-order valence-corrected chi connectivity index (χ4v) is 1.82. The highest BCUT2D eigenvalue weighted by atomic mass is 16.7. The Kier molecular flexibility index (Phi) is 6.62. The summed E-state index contributed by atoms with van der Waals surface area (Å²) in [5.74, 6) is 1.57. The summed E-state index contributed by atoms with van der Waals surface area (Å²) in [7, 11) is 6.53. The van der Waals surface area contributed by atoms with Crippen LogP contribution in [0.1, 0.15) is 18.5 Å². The summed E-state index contributed by atoms with van der Waals surface area (Å²) in [6.45, 7) is 2.66. The van der Waals surface area contributed by atoms with Gasteiger partial charge in [0.2, 0.25) is 0 Å². The highest BCUT2D eigenvalue weighted by Crippen LogP contribution is 2.29. The zero-order valence-corrected chi connectivity index (χ0v) is 12.2. The number of ether oxygens (including phenoxy) is 4. The number of benzene rings is 1. The molecule has 0 saturated heterocycles. The molecule has 1 aromatic rings. The molecule has 1 atom stereocenters. The summed E-state index contributed by atoms with van der Waals surface area (Å²) >= 11 is 0. The molecule has 1 rings (SSSR count). The number of rotatable bonds is 8. The van der Waals surface area contributed by atoms with E-state index < -0.39 is 0 Å². The quantitative estimate of drug-likeness (QED) is 0.731. The molecule has 5 nitrogen and oxygen atoms in total. The zero-order chi connectivity index (χ0) is 14.3. The van der Waals surface area contributed by atoms with Crippen molar-refractivity contribution in [3.63, 3.8) is 0 Å². The summed E-state index contributed by atoms with van der Waals surface area (Å²) in [6, 6.07) is 5.90. The predicted molar refractivity (Wildman–Crippen MR) is 73.8 cm³/mol. The van der Waals surface area contributed by atoms with Crippen LogP contribution in [0.5, 0.6) is 11.5 Å². The number of nitrogens with one attached hydrogen (secondary N) is 1. The van der Waals surface area contributed by atoms with Crippen molar-refractivity contribution in [2.75, 3.05) is 35.0 Å². The van der Waals surface area contributed by atoms with Gasteiger partial charge in [-0.15, -0.1) is 0 Å². The molecule has 5 heteroatoms. The minimum Gasteiger partial charge on any atom is -0.497 e. The third kappa shape index (κ3) is 4.38. The van der Waals surface area contributed by atoms with Gasteiger partial charge in [0.1, 0.15) is 11.5 Å². The van der Waals surface area contributed by atoms with Crippen molar-refractivity contribution in [2.45, 2.75) is 19.3 Å². The lowest BCUT2D eigenvalue weighted by Gasteiger charge is -2.20. The Morgan fingerprint density at radius 1 is 1.05 bits per heavy atom. The van der Waals surface area contributed by atoms with E-state index in [1.165, 1.54) is 0 Å². The second kappa shape index (κ2) is 7.99. The van der Waals surface area contributed by atoms with Crippen molar-refractivity contribution in [3.8, 4) is 11.5 Å². The Bertz CT molecular complexity index is 380. The third-order valence-corrected chi connectivity index (χ3v) is 3.02. The Morgan fingerprint density at radius 2 is 1.74 bits per heavy atom. The van der Waals surface area contributed by atoms with Gasteiger partial charge in [-0.3, -0.25) is 0 Å². The van der Waals surface area contributed by atoms with Crippen LogP contribution >= 0.6 is 0 Å². The lowest BCUT2D eigenvalue weighted by atomic mass is 10.1. The van der Waals surface area contributed by atoms with Gasteiger partial charge in [-0.1, -0.05) is 6.07 Å². The van der Waals surface area contributed by atoms with Gasteiger partial charge in [-0.05, 0) is 13.0 Å². The normalized spacial score (nSPS) is 12.5. The first-order chi connectivity index (χ1) is 9.15. The fourth-order valence-electron chi connectivity index (χ4n) is 1.82. The summed E-state index contributed by atoms with van der Waals surface area (Å²) in [5.41, 5.74) is 1.06. The Balaban J connectivity index is 2.73. The van der Waals surface area contributed by atoms with Crippen molar-refractivity contribution >= 4 is 0 Å². The van der Waals surface area contributed by atoms with Crippen LogP contribution in [0.3, 0.4) is 0 Å². The highest BCUT2D eigenvalue weighted by molar-refractivity contribution is 5.42. The largest absolute Gasteiger partial charge is 0.497 e. The van der Waals surface area contributed by atoms with Gasteiger partial charge in [-0.2, -0.15) is 0 Å². The molecule has 108 valence electrons. The molecule has 1 aromatic carbocycles. The van der Waals surface area contributed by atoms with Crippen LogP contribution < -0.4 is 14.8 Å². The number of methoxy groups -OCH3 is 4. The lowest BCUT2D eigenvalue weighted by Crippen LogP contribution is -2.31. The molecule has 19 heavy (non-hydrogen) atoms. The van der Waals surface area contributed by atoms with E-state index in [4.69, 9.17) is 18.9 Å². The van der Waals surface area contributed by atoms with E-state index in [2.05, 4.69) is 12.2 Å². The molecule has 0 heterocycles. The van der Waals surface area contributed by atoms with Gasteiger partial charge in [0, 0.05) is 38.4 Å². The molecule has 0 amide bonds. The first kappa shape index (κ1) is 15.8. The van der Waals surface area contributed by atoms with Crippen LogP contribution in [-0.2, 0) is 9.47 Å². The summed E-state index contributed by atoms with van der Waals surface area (Å²) < 4.78 is 20.9. The van der Waals surface area contributed by atoms with Crippen LogP contribution in [-0.4, -0.2) is 41.3 Å². The van der Waals surface area contributed by atoms with Crippen molar-refractivity contribution in [1.82, 2.24) is 5.32 Å². The second-order valence-electron chi connectivity index (χ2n) is 4.14. The van der Waals surface area contributed by atoms with E-state index >= 15 is 0 Å². The number of hydrogen-bond acceptors (Lipinski definition) is 5. The maximum Gasteiger partial charge on any atom is 0.169 e. The summed E-state index contributed by atoms with van der Waals surface area (Å²) in [5, 5.41) is 3.34. The van der Waals surface area contributed by atoms with Gasteiger partial charge in [0.15, 0.2) is 6.29 Å². The molecular formula is C14H23NO4. The Labute approximate surface area is 114 Å². The number of hydrogen-bond donors (Lipinski definition) is 1. The Morgan fingerprint density at radius 3 is 2.26 bits per heavy atom. The SMILES string of the molecule is COc1ccc(C(C)NCC(OC)OC)c(OC)c1. The molecule has 0 aromatic heterocycles. The van der Waals surface area contributed by atoms with Gasteiger partial charge in [0.25, 0.3) is 0 Å². The molecule has 1 unspecified atom stereocenters. The van der Waals surface area contributed by atoms with E-state index in [-0.39, 0.29) is 12.3 Å². The first-order valence-electron chi connectivity index (χ1n) is 6.17. The maximum atomic E-state index is 5.39. The molecule has 0 radical (unpaired) electrons. The average molecular weight is 269 g/mol. The maximum absolute atomic E-state index is 5.39. The lowest BCUT2D eigenvalue weighted by molar-refractivity contribution is -0.0997. The molecule has 0 bridgehead atoms. The molecule has 0 aliphatic carbocycles. The Hall–Kier alpha value is -1.30. The third-order valence-electron chi connectivity index (χ3n) is 3.02. The molecule has 0 aliphatic heterocycles. The minimum atomic E-state index is -0.258. The van der Waals surface area contributed by atoms with Gasteiger partial charge in [0.05, 0.1) is 14.2 Å². The van der Waals surface area contributed by atoms with Crippen LogP contribution in [0.2, 0.25) is 0 Å². The van der Waals surface area contributed by atoms with Crippen LogP contribution in [0.4, 0.5) is 0 Å². The van der Waals surface area contributed by atoms with E-state index in [0.717, 1.165) is 17.1 Å². The first-order valence-corrected chi connectivity index (χ1v) is 6.17. The van der Waals surface area contributed by atoms with Crippen molar-refractivity contribution in [2.24, 2.45) is 0 Å². The van der Waals surface area contributed by atoms with E-state index in [9.17, 15) is 0 Å². The molecule has 0 aliphatic rings. The van der Waals surface area contributed by atoms with E-state index in [0.29, 0.717) is 6.54 Å². The molecule has 1 N–H and O–H groups in total. The van der Waals surface area contributed by atoms with Crippen molar-refractivity contribution in [3.05, 3.63) is 23.8 Å². The highest BCUT2D eigenvalue weighted by Gasteiger charge is 2.14. The van der Waals surface area contributed by atoms with Gasteiger partial charge >= 0.3 is 0 Å². The average Bonchev–Trinajstić information content (AvgIpc) is 2.47. The van der Waals surface area contributed by atoms with Crippen LogP contribution in [0, 0.1) is 0 Å². The summed E-state index contributed by atoms with van der Waals surface area (Å²) in [6.07, 6.45) is -0.258. The van der Waals surface area contributed by atoms with E-state index in [1.54, 1.807) is 28.4 Å². The smallest absolute Gasteiger partial charge is 0.169 e. The van der Waals surface area contributed by atoms with Crippen molar-refractivity contribution in [1.29, 1.82) is 0 Å².